The number of aliphatic hydroxyl groups excluding tert-OH is 1. The first-order chi connectivity index (χ1) is 13.3. The molecule has 27 heavy (non-hydrogen) atoms. The molecule has 0 aliphatic rings. The van der Waals surface area contributed by atoms with E-state index >= 15 is 0 Å². The van der Waals surface area contributed by atoms with E-state index in [1.165, 1.54) is 16.7 Å². The highest BCUT2D eigenvalue weighted by molar-refractivity contribution is 5.17. The van der Waals surface area contributed by atoms with Crippen LogP contribution in [0.1, 0.15) is 30.5 Å². The molecule has 0 heterocycles. The van der Waals surface area contributed by atoms with Crippen molar-refractivity contribution in [1.29, 1.82) is 0 Å². The van der Waals surface area contributed by atoms with Crippen LogP contribution >= 0.6 is 0 Å². The monoisotopic (exact) mass is 363 g/mol. The van der Waals surface area contributed by atoms with Crippen LogP contribution in [-0.2, 0) is 13.1 Å². The zero-order valence-electron chi connectivity index (χ0n) is 16.9. The van der Waals surface area contributed by atoms with Gasteiger partial charge in [-0.15, -0.1) is 0 Å². The van der Waals surface area contributed by atoms with Crippen molar-refractivity contribution in [2.24, 2.45) is 0 Å². The lowest BCUT2D eigenvalue weighted by atomic mass is 10.1. The molecule has 0 aliphatic heterocycles. The van der Waals surface area contributed by atoms with Crippen LogP contribution in [0.5, 0.6) is 0 Å². The molecule has 3 rings (SSSR count). The molecule has 0 radical (unpaired) electrons. The summed E-state index contributed by atoms with van der Waals surface area (Å²) >= 11 is 0. The van der Waals surface area contributed by atoms with Crippen LogP contribution in [0, 0.1) is 6.92 Å². The van der Waals surface area contributed by atoms with E-state index in [1.807, 2.05) is 44.2 Å². The van der Waals surface area contributed by atoms with Gasteiger partial charge in [-0.3, -0.25) is 4.90 Å². The minimum Gasteiger partial charge on any atom is -0.395 e. The number of nitrogens with zero attached hydrogens (tertiary/aromatic N) is 1. The maximum atomic E-state index is 9.15. The van der Waals surface area contributed by atoms with Crippen LogP contribution < -0.4 is 0 Å². The molecular weight excluding hydrogens is 330 g/mol. The molecule has 0 fully saturated rings. The first kappa shape index (κ1) is 22.6. The summed E-state index contributed by atoms with van der Waals surface area (Å²) in [5.41, 5.74) is 3.88. The maximum Gasteiger partial charge on any atom is 0.0558 e. The van der Waals surface area contributed by atoms with Crippen molar-refractivity contribution in [3.63, 3.8) is 0 Å². The highest BCUT2D eigenvalue weighted by Gasteiger charge is 2.06. The fourth-order valence-corrected chi connectivity index (χ4v) is 2.57. The quantitative estimate of drug-likeness (QED) is 0.607. The molecule has 0 spiro atoms. The second-order valence-corrected chi connectivity index (χ2v) is 6.06. The number of aryl methyl sites for hydroxylation is 1. The van der Waals surface area contributed by atoms with E-state index in [0.717, 1.165) is 13.1 Å². The van der Waals surface area contributed by atoms with Crippen LogP contribution in [-0.4, -0.2) is 23.2 Å². The van der Waals surface area contributed by atoms with Gasteiger partial charge in [0.05, 0.1) is 6.61 Å². The van der Waals surface area contributed by atoms with Crippen molar-refractivity contribution in [3.05, 3.63) is 108 Å². The Morgan fingerprint density at radius 1 is 0.630 bits per heavy atom. The van der Waals surface area contributed by atoms with Gasteiger partial charge in [0.15, 0.2) is 0 Å². The Hall–Kier alpha value is -2.42. The summed E-state index contributed by atoms with van der Waals surface area (Å²) in [4.78, 5) is 2.25. The molecule has 2 heteroatoms. The van der Waals surface area contributed by atoms with Crippen LogP contribution in [0.4, 0.5) is 0 Å². The second-order valence-electron chi connectivity index (χ2n) is 6.06. The first-order valence-electron chi connectivity index (χ1n) is 9.70. The molecule has 0 amide bonds. The van der Waals surface area contributed by atoms with E-state index < -0.39 is 0 Å². The van der Waals surface area contributed by atoms with E-state index in [2.05, 4.69) is 72.5 Å². The topological polar surface area (TPSA) is 23.5 Å². The first-order valence-corrected chi connectivity index (χ1v) is 9.70. The summed E-state index contributed by atoms with van der Waals surface area (Å²) in [7, 11) is 0. The highest BCUT2D eigenvalue weighted by atomic mass is 16.3. The van der Waals surface area contributed by atoms with Crippen LogP contribution in [0.3, 0.4) is 0 Å². The summed E-state index contributed by atoms with van der Waals surface area (Å²) < 4.78 is 0. The molecular formula is C25H33NO. The van der Waals surface area contributed by atoms with Gasteiger partial charge < -0.3 is 5.11 Å². The normalized spacial score (nSPS) is 9.67. The Morgan fingerprint density at radius 2 is 1.00 bits per heavy atom. The third kappa shape index (κ3) is 10.3. The van der Waals surface area contributed by atoms with Gasteiger partial charge >= 0.3 is 0 Å². The smallest absolute Gasteiger partial charge is 0.0558 e. The third-order valence-electron chi connectivity index (χ3n) is 3.85. The summed E-state index contributed by atoms with van der Waals surface area (Å²) in [6, 6.07) is 31.0. The second kappa shape index (κ2) is 14.7. The summed E-state index contributed by atoms with van der Waals surface area (Å²) in [5.74, 6) is 0. The van der Waals surface area contributed by atoms with E-state index in [-0.39, 0.29) is 6.61 Å². The van der Waals surface area contributed by atoms with Gasteiger partial charge in [-0.05, 0) is 18.1 Å². The van der Waals surface area contributed by atoms with Crippen LogP contribution in [0.25, 0.3) is 0 Å². The van der Waals surface area contributed by atoms with Gasteiger partial charge in [0, 0.05) is 19.6 Å². The van der Waals surface area contributed by atoms with Crippen molar-refractivity contribution in [3.8, 4) is 0 Å². The molecule has 0 saturated carbocycles. The van der Waals surface area contributed by atoms with Crippen LogP contribution in [0.2, 0.25) is 0 Å². The number of benzene rings is 3. The van der Waals surface area contributed by atoms with Crippen molar-refractivity contribution in [1.82, 2.24) is 4.90 Å². The van der Waals surface area contributed by atoms with Gasteiger partial charge in [-0.1, -0.05) is 110 Å². The molecule has 3 aromatic rings. The van der Waals surface area contributed by atoms with Gasteiger partial charge in [0.1, 0.15) is 0 Å². The van der Waals surface area contributed by atoms with E-state index in [9.17, 15) is 0 Å². The number of aliphatic hydroxyl groups is 1. The summed E-state index contributed by atoms with van der Waals surface area (Å²) in [6.07, 6.45) is 0. The van der Waals surface area contributed by atoms with Gasteiger partial charge in [-0.2, -0.15) is 0 Å². The molecule has 0 aliphatic carbocycles. The molecule has 144 valence electrons. The standard InChI is InChI=1S/C16H19NO.C7H8.C2H6/c18-12-11-17(13-15-7-3-1-4-8-15)14-16-9-5-2-6-10-16;1-7-5-3-2-4-6-7;1-2/h1-10,18H,11-14H2;2-6H,1H3;1-2H3. The minimum absolute atomic E-state index is 0.194. The van der Waals surface area contributed by atoms with Crippen molar-refractivity contribution in [2.45, 2.75) is 33.9 Å². The Morgan fingerprint density at radius 3 is 1.30 bits per heavy atom. The van der Waals surface area contributed by atoms with Crippen LogP contribution in [0.15, 0.2) is 91.0 Å². The van der Waals surface area contributed by atoms with Crippen molar-refractivity contribution < 1.29 is 5.11 Å². The van der Waals surface area contributed by atoms with Crippen molar-refractivity contribution in [2.75, 3.05) is 13.2 Å². The molecule has 3 aromatic carbocycles. The molecule has 0 saturated heterocycles. The molecule has 0 aromatic heterocycles. The summed E-state index contributed by atoms with van der Waals surface area (Å²) in [6.45, 7) is 8.72. The Labute approximate surface area is 165 Å². The zero-order chi connectivity index (χ0) is 19.7. The molecule has 0 bridgehead atoms. The lowest BCUT2D eigenvalue weighted by molar-refractivity contribution is 0.184. The number of hydrogen-bond donors (Lipinski definition) is 1. The molecule has 2 nitrogen and oxygen atoms in total. The number of hydrogen-bond acceptors (Lipinski definition) is 2. The fraction of sp³-hybridized carbons (Fsp3) is 0.280. The van der Waals surface area contributed by atoms with E-state index in [1.54, 1.807) is 0 Å². The van der Waals surface area contributed by atoms with Gasteiger partial charge in [-0.25, -0.2) is 0 Å². The number of rotatable bonds is 6. The van der Waals surface area contributed by atoms with Gasteiger partial charge in [0.25, 0.3) is 0 Å². The Balaban J connectivity index is 0.000000338. The Kier molecular flexibility index (Phi) is 12.3. The predicted molar refractivity (Wildman–Crippen MR) is 117 cm³/mol. The fourth-order valence-electron chi connectivity index (χ4n) is 2.57. The van der Waals surface area contributed by atoms with Gasteiger partial charge in [0.2, 0.25) is 0 Å². The Bertz CT molecular complexity index is 642. The SMILES string of the molecule is CC.Cc1ccccc1.OCCN(Cc1ccccc1)Cc1ccccc1. The lowest BCUT2D eigenvalue weighted by Gasteiger charge is -2.21. The predicted octanol–water partition coefficient (Wildman–Crippen LogP) is 5.70. The minimum atomic E-state index is 0.194. The average Bonchev–Trinajstić information content (AvgIpc) is 2.72. The summed E-state index contributed by atoms with van der Waals surface area (Å²) in [5, 5.41) is 9.15. The van der Waals surface area contributed by atoms with E-state index in [0.29, 0.717) is 6.54 Å². The van der Waals surface area contributed by atoms with E-state index in [4.69, 9.17) is 5.11 Å². The highest BCUT2D eigenvalue weighted by Crippen LogP contribution is 2.09. The molecule has 0 atom stereocenters. The molecule has 1 N–H and O–H groups in total. The molecule has 0 unspecified atom stereocenters. The largest absolute Gasteiger partial charge is 0.395 e. The zero-order valence-corrected chi connectivity index (χ0v) is 16.9. The lowest BCUT2D eigenvalue weighted by Crippen LogP contribution is -2.26. The maximum absolute atomic E-state index is 9.15. The third-order valence-corrected chi connectivity index (χ3v) is 3.85. The average molecular weight is 364 g/mol. The van der Waals surface area contributed by atoms with Crippen molar-refractivity contribution >= 4 is 0 Å².